The van der Waals surface area contributed by atoms with Gasteiger partial charge in [0.15, 0.2) is 0 Å². The van der Waals surface area contributed by atoms with E-state index in [1.54, 1.807) is 0 Å². The zero-order valence-corrected chi connectivity index (χ0v) is 25.5. The lowest BCUT2D eigenvalue weighted by Gasteiger charge is -2.34. The Balaban J connectivity index is 1.06. The summed E-state index contributed by atoms with van der Waals surface area (Å²) in [4.78, 5) is 18.2. The zero-order chi connectivity index (χ0) is 28.9. The summed E-state index contributed by atoms with van der Waals surface area (Å²) in [6.07, 6.45) is -0.233. The summed E-state index contributed by atoms with van der Waals surface area (Å²) in [5.74, 6) is 0.0716. The smallest absolute Gasteiger partial charge is 0.448 e. The molecule has 6 rings (SSSR count). The molecule has 3 aromatic rings. The topological polar surface area (TPSA) is 51.2 Å². The molecule has 0 unspecified atom stereocenters. The first kappa shape index (κ1) is 28.3. The highest BCUT2D eigenvalue weighted by atomic mass is 32.1. The van der Waals surface area contributed by atoms with E-state index in [4.69, 9.17) is 26.7 Å². The van der Waals surface area contributed by atoms with Gasteiger partial charge in [0.05, 0.1) is 11.2 Å². The summed E-state index contributed by atoms with van der Waals surface area (Å²) in [5, 5.41) is 0. The fraction of sp³-hybridized carbons (Fsp3) is 0.424. The molecule has 8 heteroatoms. The number of fused-ring (bicyclic) bond motifs is 3. The lowest BCUT2D eigenvalue weighted by atomic mass is 9.77. The molecule has 214 valence electrons. The average Bonchev–Trinajstić information content (AvgIpc) is 3.39. The molecule has 0 bridgehead atoms. The van der Waals surface area contributed by atoms with E-state index in [1.807, 2.05) is 4.90 Å². The maximum Gasteiger partial charge on any atom is 0.494 e. The Morgan fingerprint density at radius 3 is 2.07 bits per heavy atom. The zero-order valence-electron chi connectivity index (χ0n) is 24.6. The molecule has 6 nitrogen and oxygen atoms in total. The Morgan fingerprint density at radius 2 is 1.49 bits per heavy atom. The second-order valence-corrected chi connectivity index (χ2v) is 13.0. The quantitative estimate of drug-likeness (QED) is 0.318. The lowest BCUT2D eigenvalue weighted by molar-refractivity contribution is 0.00578. The molecule has 41 heavy (non-hydrogen) atoms. The standard InChI is InChI=1S/C33H39BN2O4S/c1-22-23(18-24(19-30(22)41)34-39-32(2,3)33(4,5)40-34)20-35-14-16-36(17-15-35)31(37)38-21-29-27-12-8-6-10-25(27)26-11-7-9-13-28(26)29/h6-13,18-19,29,41H,14-17,20-21H2,1-5H3. The van der Waals surface area contributed by atoms with E-state index in [1.165, 1.54) is 27.8 Å². The Hall–Kier alpha value is -2.78. The summed E-state index contributed by atoms with van der Waals surface area (Å²) in [7, 11) is -0.421. The van der Waals surface area contributed by atoms with E-state index in [-0.39, 0.29) is 12.0 Å². The number of carbonyl (C=O) groups excluding carboxylic acids is 1. The number of thiol groups is 1. The van der Waals surface area contributed by atoms with Gasteiger partial charge in [-0.25, -0.2) is 4.79 Å². The SMILES string of the molecule is Cc1c(S)cc(B2OC(C)(C)C(C)(C)O2)cc1CN1CCN(C(=O)OCC2c3ccccc3-c3ccccc32)CC1. The highest BCUT2D eigenvalue weighted by molar-refractivity contribution is 7.80. The number of piperazine rings is 1. The summed E-state index contributed by atoms with van der Waals surface area (Å²) < 4.78 is 18.5. The molecule has 0 spiro atoms. The van der Waals surface area contributed by atoms with Crippen molar-refractivity contribution in [1.82, 2.24) is 9.80 Å². The minimum atomic E-state index is -0.421. The van der Waals surface area contributed by atoms with Crippen molar-refractivity contribution in [2.75, 3.05) is 32.8 Å². The van der Waals surface area contributed by atoms with E-state index in [2.05, 4.69) is 100 Å². The third kappa shape index (κ3) is 5.31. The summed E-state index contributed by atoms with van der Waals surface area (Å²) in [5.41, 5.74) is 7.50. The number of hydrogen-bond donors (Lipinski definition) is 1. The molecule has 0 saturated carbocycles. The predicted octanol–water partition coefficient (Wildman–Crippen LogP) is 5.65. The van der Waals surface area contributed by atoms with Gasteiger partial charge >= 0.3 is 13.2 Å². The van der Waals surface area contributed by atoms with Gasteiger partial charge in [-0.05, 0) is 79.5 Å². The molecule has 2 aliphatic heterocycles. The number of carbonyl (C=O) groups is 1. The highest BCUT2D eigenvalue weighted by Crippen LogP contribution is 2.44. The number of rotatable bonds is 5. The fourth-order valence-corrected chi connectivity index (χ4v) is 6.37. The Bertz CT molecular complexity index is 1410. The van der Waals surface area contributed by atoms with Crippen LogP contribution in [0.2, 0.25) is 0 Å². The van der Waals surface area contributed by atoms with E-state index in [0.717, 1.165) is 35.6 Å². The minimum Gasteiger partial charge on any atom is -0.448 e. The average molecular weight is 571 g/mol. The molecule has 0 N–H and O–H groups in total. The third-order valence-corrected chi connectivity index (χ3v) is 9.86. The molecule has 3 aliphatic rings. The molecule has 0 atom stereocenters. The van der Waals surface area contributed by atoms with Crippen molar-refractivity contribution >= 4 is 31.3 Å². The summed E-state index contributed by atoms with van der Waals surface area (Å²) >= 11 is 4.77. The van der Waals surface area contributed by atoms with Crippen LogP contribution in [0, 0.1) is 6.92 Å². The first-order valence-corrected chi connectivity index (χ1v) is 15.0. The molecule has 1 aliphatic carbocycles. The number of hydrogen-bond acceptors (Lipinski definition) is 6. The van der Waals surface area contributed by atoms with Crippen LogP contribution in [-0.2, 0) is 20.6 Å². The van der Waals surface area contributed by atoms with Crippen LogP contribution in [-0.4, -0.2) is 67.0 Å². The van der Waals surface area contributed by atoms with Crippen LogP contribution < -0.4 is 5.46 Å². The summed E-state index contributed by atoms with van der Waals surface area (Å²) in [6.45, 7) is 14.4. The van der Waals surface area contributed by atoms with Crippen LogP contribution in [0.3, 0.4) is 0 Å². The van der Waals surface area contributed by atoms with Crippen molar-refractivity contribution < 1.29 is 18.8 Å². The van der Waals surface area contributed by atoms with E-state index < -0.39 is 18.3 Å². The predicted molar refractivity (Wildman–Crippen MR) is 166 cm³/mol. The van der Waals surface area contributed by atoms with Crippen LogP contribution in [0.5, 0.6) is 0 Å². The van der Waals surface area contributed by atoms with E-state index in [0.29, 0.717) is 19.7 Å². The van der Waals surface area contributed by atoms with Gasteiger partial charge in [-0.2, -0.15) is 0 Å². The second kappa shape index (κ2) is 10.8. The Kier molecular flexibility index (Phi) is 7.47. The Morgan fingerprint density at radius 1 is 0.927 bits per heavy atom. The van der Waals surface area contributed by atoms with Crippen molar-refractivity contribution in [3.63, 3.8) is 0 Å². The fourth-order valence-electron chi connectivity index (χ4n) is 6.08. The lowest BCUT2D eigenvalue weighted by Crippen LogP contribution is -2.48. The number of benzene rings is 3. The van der Waals surface area contributed by atoms with E-state index >= 15 is 0 Å². The third-order valence-electron chi connectivity index (χ3n) is 9.40. The first-order valence-electron chi connectivity index (χ1n) is 14.5. The highest BCUT2D eigenvalue weighted by Gasteiger charge is 2.51. The normalized spacial score (nSPS) is 19.8. The van der Waals surface area contributed by atoms with Gasteiger partial charge in [-0.3, -0.25) is 4.90 Å². The molecule has 2 fully saturated rings. The largest absolute Gasteiger partial charge is 0.494 e. The van der Waals surface area contributed by atoms with E-state index in [9.17, 15) is 4.79 Å². The number of ether oxygens (including phenoxy) is 1. The van der Waals surface area contributed by atoms with Crippen LogP contribution in [0.4, 0.5) is 4.79 Å². The van der Waals surface area contributed by atoms with Crippen molar-refractivity contribution in [3.05, 3.63) is 82.9 Å². The molecule has 0 radical (unpaired) electrons. The Labute approximate surface area is 249 Å². The van der Waals surface area contributed by atoms with Gasteiger partial charge in [0.1, 0.15) is 6.61 Å². The maximum atomic E-state index is 13.1. The molecule has 2 heterocycles. The van der Waals surface area contributed by atoms with Gasteiger partial charge in [-0.15, -0.1) is 12.6 Å². The van der Waals surface area contributed by atoms with Crippen LogP contribution in [0.25, 0.3) is 11.1 Å². The number of amides is 1. The van der Waals surface area contributed by atoms with Crippen molar-refractivity contribution in [2.24, 2.45) is 0 Å². The van der Waals surface area contributed by atoms with Gasteiger partial charge in [-0.1, -0.05) is 54.6 Å². The van der Waals surface area contributed by atoms with Crippen LogP contribution >= 0.6 is 12.6 Å². The minimum absolute atomic E-state index is 0.0716. The molecule has 0 aromatic heterocycles. The van der Waals surface area contributed by atoms with Gasteiger partial charge in [0, 0.05) is 43.5 Å². The van der Waals surface area contributed by atoms with Gasteiger partial charge in [0.2, 0.25) is 0 Å². The molecule has 1 amide bonds. The van der Waals surface area contributed by atoms with Gasteiger partial charge in [0.25, 0.3) is 0 Å². The van der Waals surface area contributed by atoms with Crippen molar-refractivity contribution in [3.8, 4) is 11.1 Å². The molecule has 3 aromatic carbocycles. The second-order valence-electron chi connectivity index (χ2n) is 12.5. The molecular weight excluding hydrogens is 531 g/mol. The number of nitrogens with zero attached hydrogens (tertiary/aromatic N) is 2. The molecule has 2 saturated heterocycles. The maximum absolute atomic E-state index is 13.1. The summed E-state index contributed by atoms with van der Waals surface area (Å²) in [6, 6.07) is 21.1. The van der Waals surface area contributed by atoms with Crippen LogP contribution in [0.1, 0.15) is 55.9 Å². The van der Waals surface area contributed by atoms with Crippen molar-refractivity contribution in [2.45, 2.75) is 63.2 Å². The molecular formula is C33H39BN2O4S. The van der Waals surface area contributed by atoms with Gasteiger partial charge < -0.3 is 18.9 Å². The van der Waals surface area contributed by atoms with Crippen LogP contribution in [0.15, 0.2) is 65.6 Å². The first-order chi connectivity index (χ1) is 19.5. The monoisotopic (exact) mass is 570 g/mol. The van der Waals surface area contributed by atoms with Crippen molar-refractivity contribution in [1.29, 1.82) is 0 Å².